The van der Waals surface area contributed by atoms with Crippen LogP contribution in [0, 0.1) is 17.7 Å². The molecule has 0 saturated carbocycles. The van der Waals surface area contributed by atoms with Gasteiger partial charge in [-0.3, -0.25) is 9.69 Å². The molecule has 2 saturated heterocycles. The van der Waals surface area contributed by atoms with Gasteiger partial charge in [-0.25, -0.2) is 4.39 Å². The minimum atomic E-state index is -0.294. The molecule has 0 radical (unpaired) electrons. The third-order valence-electron chi connectivity index (χ3n) is 3.96. The first-order chi connectivity index (χ1) is 9.20. The molecule has 1 amide bonds. The number of halogens is 1. The molecule has 0 aromatic heterocycles. The lowest BCUT2D eigenvalue weighted by molar-refractivity contribution is -0.117. The molecule has 2 atom stereocenters. The van der Waals surface area contributed by atoms with E-state index in [0.29, 0.717) is 24.1 Å². The van der Waals surface area contributed by atoms with Crippen molar-refractivity contribution in [3.05, 3.63) is 30.1 Å². The van der Waals surface area contributed by atoms with E-state index in [-0.39, 0.29) is 11.7 Å². The zero-order valence-corrected chi connectivity index (χ0v) is 10.7. The van der Waals surface area contributed by atoms with Crippen LogP contribution >= 0.6 is 0 Å². The van der Waals surface area contributed by atoms with Gasteiger partial charge in [0.15, 0.2) is 0 Å². The Morgan fingerprint density at radius 3 is 2.53 bits per heavy atom. The number of rotatable bonds is 3. The quantitative estimate of drug-likeness (QED) is 0.852. The van der Waals surface area contributed by atoms with Crippen LogP contribution in [-0.2, 0) is 4.79 Å². The lowest BCUT2D eigenvalue weighted by Gasteiger charge is -2.16. The number of benzene rings is 1. The van der Waals surface area contributed by atoms with Crippen molar-refractivity contribution in [2.24, 2.45) is 11.8 Å². The summed E-state index contributed by atoms with van der Waals surface area (Å²) in [6, 6.07) is 5.86. The molecule has 2 heterocycles. The molecule has 5 heteroatoms. The van der Waals surface area contributed by atoms with Crippen molar-refractivity contribution in [1.82, 2.24) is 10.2 Å². The van der Waals surface area contributed by atoms with Crippen LogP contribution < -0.4 is 10.6 Å². The largest absolute Gasteiger partial charge is 0.325 e. The summed E-state index contributed by atoms with van der Waals surface area (Å²) >= 11 is 0. The minimum Gasteiger partial charge on any atom is -0.325 e. The normalized spacial score (nSPS) is 26.4. The number of likely N-dealkylation sites (tertiary alicyclic amines) is 1. The smallest absolute Gasteiger partial charge is 0.238 e. The maximum atomic E-state index is 12.8. The second kappa shape index (κ2) is 5.27. The Balaban J connectivity index is 1.50. The maximum absolute atomic E-state index is 12.8. The van der Waals surface area contributed by atoms with E-state index in [0.717, 1.165) is 26.2 Å². The fourth-order valence-electron chi connectivity index (χ4n) is 3.02. The van der Waals surface area contributed by atoms with Crippen molar-refractivity contribution in [2.45, 2.75) is 0 Å². The van der Waals surface area contributed by atoms with Crippen LogP contribution in [0.5, 0.6) is 0 Å². The number of amides is 1. The number of nitrogens with one attached hydrogen (secondary N) is 2. The van der Waals surface area contributed by atoms with Gasteiger partial charge in [0.05, 0.1) is 6.54 Å². The van der Waals surface area contributed by atoms with Gasteiger partial charge in [-0.15, -0.1) is 0 Å². The molecule has 2 aliphatic rings. The highest BCUT2D eigenvalue weighted by Gasteiger charge is 2.36. The van der Waals surface area contributed by atoms with E-state index < -0.39 is 0 Å². The summed E-state index contributed by atoms with van der Waals surface area (Å²) in [5.41, 5.74) is 0.646. The first-order valence-electron chi connectivity index (χ1n) is 6.69. The number of hydrogen-bond donors (Lipinski definition) is 2. The molecule has 2 aliphatic heterocycles. The molecule has 1 aromatic rings. The number of anilines is 1. The summed E-state index contributed by atoms with van der Waals surface area (Å²) in [7, 11) is 0. The van der Waals surface area contributed by atoms with Gasteiger partial charge < -0.3 is 10.6 Å². The number of nitrogens with zero attached hydrogens (tertiary/aromatic N) is 1. The standard InChI is InChI=1S/C14H18FN3O/c15-12-1-3-13(4-2-12)17-14(19)9-18-7-10-5-16-6-11(10)8-18/h1-4,10-11,16H,5-9H2,(H,17,19). The van der Waals surface area contributed by atoms with Crippen molar-refractivity contribution < 1.29 is 9.18 Å². The van der Waals surface area contributed by atoms with Crippen molar-refractivity contribution in [2.75, 3.05) is 38.0 Å². The van der Waals surface area contributed by atoms with E-state index in [1.54, 1.807) is 12.1 Å². The predicted octanol–water partition coefficient (Wildman–Crippen LogP) is 0.915. The van der Waals surface area contributed by atoms with Gasteiger partial charge in [0.25, 0.3) is 0 Å². The maximum Gasteiger partial charge on any atom is 0.238 e. The Morgan fingerprint density at radius 2 is 1.89 bits per heavy atom. The summed E-state index contributed by atoms with van der Waals surface area (Å²) in [4.78, 5) is 14.1. The summed E-state index contributed by atoms with van der Waals surface area (Å²) < 4.78 is 12.8. The Labute approximate surface area is 112 Å². The van der Waals surface area contributed by atoms with Gasteiger partial charge in [-0.05, 0) is 49.2 Å². The van der Waals surface area contributed by atoms with Crippen LogP contribution in [0.2, 0.25) is 0 Å². The van der Waals surface area contributed by atoms with Crippen molar-refractivity contribution in [3.63, 3.8) is 0 Å². The highest BCUT2D eigenvalue weighted by atomic mass is 19.1. The van der Waals surface area contributed by atoms with Crippen LogP contribution in [0.25, 0.3) is 0 Å². The first kappa shape index (κ1) is 12.6. The topological polar surface area (TPSA) is 44.4 Å². The molecule has 4 nitrogen and oxygen atoms in total. The summed E-state index contributed by atoms with van der Waals surface area (Å²) in [6.07, 6.45) is 0. The second-order valence-corrected chi connectivity index (χ2v) is 5.43. The number of hydrogen-bond acceptors (Lipinski definition) is 3. The highest BCUT2D eigenvalue weighted by molar-refractivity contribution is 5.92. The van der Waals surface area contributed by atoms with Crippen molar-refractivity contribution in [1.29, 1.82) is 0 Å². The Kier molecular flexibility index (Phi) is 3.48. The van der Waals surface area contributed by atoms with E-state index in [9.17, 15) is 9.18 Å². The predicted molar refractivity (Wildman–Crippen MR) is 71.3 cm³/mol. The minimum absolute atomic E-state index is 0.0282. The Bertz CT molecular complexity index is 450. The summed E-state index contributed by atoms with van der Waals surface area (Å²) in [5.74, 6) is 1.06. The molecular weight excluding hydrogens is 245 g/mol. The van der Waals surface area contributed by atoms with Crippen molar-refractivity contribution in [3.8, 4) is 0 Å². The SMILES string of the molecule is O=C(CN1CC2CNCC2C1)Nc1ccc(F)cc1. The molecule has 1 aromatic carbocycles. The first-order valence-corrected chi connectivity index (χ1v) is 6.69. The van der Waals surface area contributed by atoms with Gasteiger partial charge >= 0.3 is 0 Å². The zero-order chi connectivity index (χ0) is 13.2. The van der Waals surface area contributed by atoms with Gasteiger partial charge in [-0.2, -0.15) is 0 Å². The van der Waals surface area contributed by atoms with E-state index in [1.807, 2.05) is 0 Å². The van der Waals surface area contributed by atoms with Gasteiger partial charge in [0.1, 0.15) is 5.82 Å². The fraction of sp³-hybridized carbons (Fsp3) is 0.500. The molecular formula is C14H18FN3O. The Morgan fingerprint density at radius 1 is 1.26 bits per heavy atom. The molecule has 19 heavy (non-hydrogen) atoms. The molecule has 102 valence electrons. The number of fused-ring (bicyclic) bond motifs is 1. The third kappa shape index (κ3) is 2.93. The van der Waals surface area contributed by atoms with Crippen LogP contribution in [0.3, 0.4) is 0 Å². The second-order valence-electron chi connectivity index (χ2n) is 5.43. The van der Waals surface area contributed by atoms with Gasteiger partial charge in [0.2, 0.25) is 5.91 Å². The van der Waals surface area contributed by atoms with Gasteiger partial charge in [0, 0.05) is 18.8 Å². The monoisotopic (exact) mass is 263 g/mol. The zero-order valence-electron chi connectivity index (χ0n) is 10.7. The van der Waals surface area contributed by atoms with Crippen LogP contribution in [0.4, 0.5) is 10.1 Å². The molecule has 2 N–H and O–H groups in total. The van der Waals surface area contributed by atoms with Crippen LogP contribution in [0.1, 0.15) is 0 Å². The molecule has 3 rings (SSSR count). The van der Waals surface area contributed by atoms with E-state index >= 15 is 0 Å². The average molecular weight is 263 g/mol. The Hall–Kier alpha value is -1.46. The summed E-state index contributed by atoms with van der Waals surface area (Å²) in [5, 5.41) is 6.18. The van der Waals surface area contributed by atoms with E-state index in [1.165, 1.54) is 12.1 Å². The number of carbonyl (C=O) groups excluding carboxylic acids is 1. The van der Waals surface area contributed by atoms with Gasteiger partial charge in [-0.1, -0.05) is 0 Å². The molecule has 2 unspecified atom stereocenters. The van der Waals surface area contributed by atoms with Crippen molar-refractivity contribution >= 4 is 11.6 Å². The van der Waals surface area contributed by atoms with E-state index in [4.69, 9.17) is 0 Å². The lowest BCUT2D eigenvalue weighted by atomic mass is 10.0. The highest BCUT2D eigenvalue weighted by Crippen LogP contribution is 2.25. The average Bonchev–Trinajstić information content (AvgIpc) is 2.92. The van der Waals surface area contributed by atoms with Crippen LogP contribution in [0.15, 0.2) is 24.3 Å². The lowest BCUT2D eigenvalue weighted by Crippen LogP contribution is -2.33. The fourth-order valence-corrected chi connectivity index (χ4v) is 3.02. The third-order valence-corrected chi connectivity index (χ3v) is 3.96. The molecule has 0 aliphatic carbocycles. The molecule has 0 bridgehead atoms. The molecule has 2 fully saturated rings. The molecule has 0 spiro atoms. The summed E-state index contributed by atoms with van der Waals surface area (Å²) in [6.45, 7) is 4.55. The number of carbonyl (C=O) groups is 1. The van der Waals surface area contributed by atoms with E-state index in [2.05, 4.69) is 15.5 Å². The van der Waals surface area contributed by atoms with Crippen LogP contribution in [-0.4, -0.2) is 43.5 Å².